The second kappa shape index (κ2) is 0.700. The van der Waals surface area contributed by atoms with E-state index < -0.39 is 23.7 Å². The van der Waals surface area contributed by atoms with Gasteiger partial charge in [0.15, 0.2) is 0 Å². The van der Waals surface area contributed by atoms with E-state index in [-0.39, 0.29) is 0 Å². The average molecular weight is 126 g/mol. The van der Waals surface area contributed by atoms with Gasteiger partial charge in [0.2, 0.25) is 0 Å². The highest BCUT2D eigenvalue weighted by Crippen LogP contribution is 2.83. The molecule has 0 atom stereocenters. The normalized spacial score (nSPS) is 52.5. The molecule has 2 saturated carbocycles. The molecule has 4 heteroatoms. The van der Waals surface area contributed by atoms with Crippen LogP contribution in [-0.4, -0.2) is 11.8 Å². The van der Waals surface area contributed by atoms with Gasteiger partial charge >= 0.3 is 0 Å². The van der Waals surface area contributed by atoms with Crippen molar-refractivity contribution < 1.29 is 17.6 Å². The van der Waals surface area contributed by atoms with Crippen LogP contribution in [-0.2, 0) is 0 Å². The van der Waals surface area contributed by atoms with E-state index in [4.69, 9.17) is 0 Å². The van der Waals surface area contributed by atoms with E-state index in [0.29, 0.717) is 0 Å². The van der Waals surface area contributed by atoms with Crippen molar-refractivity contribution in [1.82, 2.24) is 0 Å². The van der Waals surface area contributed by atoms with Crippen LogP contribution in [0.4, 0.5) is 17.6 Å². The first-order valence-corrected chi connectivity index (χ1v) is 2.24. The summed E-state index contributed by atoms with van der Waals surface area (Å²) in [6.45, 7) is 0. The Morgan fingerprint density at radius 2 is 1.00 bits per heavy atom. The summed E-state index contributed by atoms with van der Waals surface area (Å²) in [6, 6.07) is 0. The van der Waals surface area contributed by atoms with Gasteiger partial charge in [-0.2, -0.15) is 0 Å². The average Bonchev–Trinajstić information content (AvgIpc) is 2.24. The maximum atomic E-state index is 11.6. The van der Waals surface area contributed by atoms with Crippen LogP contribution < -0.4 is 0 Å². The first-order chi connectivity index (χ1) is 3.49. The highest BCUT2D eigenvalue weighted by Gasteiger charge is 3.00. The summed E-state index contributed by atoms with van der Waals surface area (Å²) >= 11 is 0. The van der Waals surface area contributed by atoms with E-state index in [2.05, 4.69) is 0 Å². The molecule has 0 radical (unpaired) electrons. The van der Waals surface area contributed by atoms with Gasteiger partial charge in [-0.05, 0) is 0 Å². The number of rotatable bonds is 0. The van der Waals surface area contributed by atoms with Gasteiger partial charge in [0.25, 0.3) is 11.8 Å². The summed E-state index contributed by atoms with van der Waals surface area (Å²) in [7, 11) is 0. The summed E-state index contributed by atoms with van der Waals surface area (Å²) in [5, 5.41) is 0. The molecule has 0 aliphatic heterocycles. The predicted octanol–water partition coefficient (Wildman–Crippen LogP) is 1.52. The van der Waals surface area contributed by atoms with Crippen LogP contribution in [0.15, 0.2) is 0 Å². The van der Waals surface area contributed by atoms with Crippen LogP contribution in [0.2, 0.25) is 0 Å². The van der Waals surface area contributed by atoms with Crippen molar-refractivity contribution in [3.05, 3.63) is 0 Å². The predicted molar refractivity (Wildman–Crippen MR) is 16.9 cm³/mol. The van der Waals surface area contributed by atoms with Crippen molar-refractivity contribution in [3.8, 4) is 0 Å². The minimum Gasteiger partial charge on any atom is -0.206 e. The van der Waals surface area contributed by atoms with Crippen molar-refractivity contribution in [1.29, 1.82) is 0 Å². The van der Waals surface area contributed by atoms with Gasteiger partial charge in [0.1, 0.15) is 11.8 Å². The van der Waals surface area contributed by atoms with Crippen LogP contribution in [0, 0.1) is 11.8 Å². The lowest BCUT2D eigenvalue weighted by Crippen LogP contribution is -2.21. The zero-order chi connectivity index (χ0) is 6.15. The number of hydrogen-bond acceptors (Lipinski definition) is 0. The molecule has 0 spiro atoms. The molecule has 8 heavy (non-hydrogen) atoms. The van der Waals surface area contributed by atoms with Gasteiger partial charge in [0.05, 0.1) is 0 Å². The molecule has 46 valence electrons. The Bertz CT molecular complexity index is 120. The standard InChI is InChI=1S/C4H2F4/c5-3(6)1-2(3)4(1,7)8/h1-2H. The Balaban J connectivity index is 2.13. The van der Waals surface area contributed by atoms with Crippen LogP contribution in [0.1, 0.15) is 0 Å². The third kappa shape index (κ3) is 0.226. The topological polar surface area (TPSA) is 0 Å². The molecule has 0 aromatic rings. The minimum absolute atomic E-state index is 1.59. The van der Waals surface area contributed by atoms with Crippen LogP contribution in [0.3, 0.4) is 0 Å². The van der Waals surface area contributed by atoms with E-state index in [0.717, 1.165) is 0 Å². The van der Waals surface area contributed by atoms with Crippen LogP contribution >= 0.6 is 0 Å². The Hall–Kier alpha value is -0.280. The quantitative estimate of drug-likeness (QED) is 0.431. The zero-order valence-electron chi connectivity index (χ0n) is 3.67. The molecular weight excluding hydrogens is 124 g/mol. The highest BCUT2D eigenvalue weighted by molar-refractivity contribution is 5.32. The molecule has 0 unspecified atom stereocenters. The third-order valence-electron chi connectivity index (χ3n) is 1.77. The SMILES string of the molecule is FC1(F)C2C1C2(F)F. The van der Waals surface area contributed by atoms with Crippen molar-refractivity contribution in [3.63, 3.8) is 0 Å². The maximum Gasteiger partial charge on any atom is 0.266 e. The van der Waals surface area contributed by atoms with E-state index in [1.165, 1.54) is 0 Å². The monoisotopic (exact) mass is 126 g/mol. The highest BCUT2D eigenvalue weighted by atomic mass is 19.3. The van der Waals surface area contributed by atoms with Gasteiger partial charge in [-0.3, -0.25) is 0 Å². The van der Waals surface area contributed by atoms with Gasteiger partial charge < -0.3 is 0 Å². The zero-order valence-corrected chi connectivity index (χ0v) is 3.67. The molecule has 0 aromatic carbocycles. The van der Waals surface area contributed by atoms with Gasteiger partial charge in [-0.15, -0.1) is 0 Å². The summed E-state index contributed by atoms with van der Waals surface area (Å²) in [4.78, 5) is 0. The van der Waals surface area contributed by atoms with Crippen molar-refractivity contribution in [2.45, 2.75) is 11.8 Å². The fourth-order valence-electron chi connectivity index (χ4n) is 1.07. The molecule has 0 amide bonds. The molecule has 0 nitrogen and oxygen atoms in total. The number of hydrogen-bond donors (Lipinski definition) is 0. The lowest BCUT2D eigenvalue weighted by molar-refractivity contribution is -0.0820. The molecule has 0 heterocycles. The third-order valence-corrected chi connectivity index (χ3v) is 1.77. The maximum absolute atomic E-state index is 11.6. The molecule has 2 rings (SSSR count). The number of halogens is 4. The van der Waals surface area contributed by atoms with E-state index in [1.54, 1.807) is 0 Å². The second-order valence-electron chi connectivity index (χ2n) is 2.30. The van der Waals surface area contributed by atoms with Crippen LogP contribution in [0.25, 0.3) is 0 Å². The molecule has 0 bridgehead atoms. The van der Waals surface area contributed by atoms with E-state index >= 15 is 0 Å². The van der Waals surface area contributed by atoms with Gasteiger partial charge in [-0.25, -0.2) is 17.6 Å². The van der Waals surface area contributed by atoms with E-state index in [1.807, 2.05) is 0 Å². The number of alkyl halides is 4. The number of fused-ring (bicyclic) bond motifs is 1. The summed E-state index contributed by atoms with van der Waals surface area (Å²) in [5.41, 5.74) is 0. The smallest absolute Gasteiger partial charge is 0.206 e. The fraction of sp³-hybridized carbons (Fsp3) is 1.00. The molecule has 0 aromatic heterocycles. The van der Waals surface area contributed by atoms with Crippen molar-refractivity contribution in [2.24, 2.45) is 11.8 Å². The Kier molecular flexibility index (Phi) is 0.401. The molecule has 2 fully saturated rings. The summed E-state index contributed by atoms with van der Waals surface area (Å²) < 4.78 is 46.4. The Morgan fingerprint density at radius 3 is 1.00 bits per heavy atom. The van der Waals surface area contributed by atoms with E-state index in [9.17, 15) is 17.6 Å². The summed E-state index contributed by atoms with van der Waals surface area (Å²) in [6.07, 6.45) is 0. The molecule has 0 saturated heterocycles. The fourth-order valence-corrected chi connectivity index (χ4v) is 1.07. The van der Waals surface area contributed by atoms with Crippen molar-refractivity contribution >= 4 is 0 Å². The first-order valence-electron chi connectivity index (χ1n) is 2.24. The largest absolute Gasteiger partial charge is 0.266 e. The first kappa shape index (κ1) is 4.58. The Labute approximate surface area is 42.5 Å². The van der Waals surface area contributed by atoms with Crippen molar-refractivity contribution in [2.75, 3.05) is 0 Å². The molecule has 2 aliphatic carbocycles. The molecular formula is C4H2F4. The van der Waals surface area contributed by atoms with Crippen LogP contribution in [0.5, 0.6) is 0 Å². The summed E-state index contributed by atoms with van der Waals surface area (Å²) in [5.74, 6) is -9.20. The lowest BCUT2D eigenvalue weighted by atomic mass is 10.3. The second-order valence-corrected chi connectivity index (χ2v) is 2.30. The minimum atomic E-state index is -3.01. The van der Waals surface area contributed by atoms with Gasteiger partial charge in [0, 0.05) is 0 Å². The van der Waals surface area contributed by atoms with Gasteiger partial charge in [-0.1, -0.05) is 0 Å². The molecule has 0 N–H and O–H groups in total. The lowest BCUT2D eigenvalue weighted by Gasteiger charge is -2.07. The molecule has 2 aliphatic rings. The Morgan fingerprint density at radius 1 is 0.750 bits per heavy atom.